The summed E-state index contributed by atoms with van der Waals surface area (Å²) < 4.78 is 11.1. The minimum Gasteiger partial charge on any atom is -0.460 e. The molecule has 0 atom stereocenters. The van der Waals surface area contributed by atoms with Gasteiger partial charge in [0.25, 0.3) is 0 Å². The molecule has 29 heavy (non-hydrogen) atoms. The Labute approximate surface area is 177 Å². The SMILES string of the molecule is C=C(OOC(=O)OC1CCC(C(C)(C)C)CC1)OC1CCC(C(C)(C)CC)CC1. The van der Waals surface area contributed by atoms with Crippen LogP contribution in [0.5, 0.6) is 0 Å². The van der Waals surface area contributed by atoms with Gasteiger partial charge in [0, 0.05) is 0 Å². The van der Waals surface area contributed by atoms with Gasteiger partial charge in [-0.15, -0.1) is 0 Å². The molecule has 2 aliphatic carbocycles. The maximum Gasteiger partial charge on any atom is 0.550 e. The van der Waals surface area contributed by atoms with Crippen LogP contribution in [0.15, 0.2) is 12.5 Å². The van der Waals surface area contributed by atoms with E-state index in [2.05, 4.69) is 48.1 Å². The summed E-state index contributed by atoms with van der Waals surface area (Å²) in [6.45, 7) is 17.5. The van der Waals surface area contributed by atoms with Crippen LogP contribution in [0.4, 0.5) is 4.79 Å². The largest absolute Gasteiger partial charge is 0.550 e. The highest BCUT2D eigenvalue weighted by Crippen LogP contribution is 2.41. The maximum atomic E-state index is 11.9. The summed E-state index contributed by atoms with van der Waals surface area (Å²) in [6, 6.07) is 0. The zero-order valence-corrected chi connectivity index (χ0v) is 19.4. The van der Waals surface area contributed by atoms with Gasteiger partial charge in [-0.2, -0.15) is 4.79 Å². The van der Waals surface area contributed by atoms with Crippen LogP contribution >= 0.6 is 0 Å². The number of ether oxygens (including phenoxy) is 2. The lowest BCUT2D eigenvalue weighted by Crippen LogP contribution is -2.31. The van der Waals surface area contributed by atoms with Crippen LogP contribution in [0.3, 0.4) is 0 Å². The molecular weight excluding hydrogens is 368 g/mol. The highest BCUT2D eigenvalue weighted by atomic mass is 17.2. The quantitative estimate of drug-likeness (QED) is 0.193. The number of hydrogen-bond donors (Lipinski definition) is 0. The molecule has 0 N–H and O–H groups in total. The average Bonchev–Trinajstić information content (AvgIpc) is 2.66. The van der Waals surface area contributed by atoms with Gasteiger partial charge in [0.05, 0.1) is 0 Å². The van der Waals surface area contributed by atoms with E-state index in [-0.39, 0.29) is 18.2 Å². The van der Waals surface area contributed by atoms with Crippen molar-refractivity contribution in [1.82, 2.24) is 0 Å². The molecule has 168 valence electrons. The minimum absolute atomic E-state index is 0.0246. The highest BCUT2D eigenvalue weighted by molar-refractivity contribution is 5.59. The van der Waals surface area contributed by atoms with Gasteiger partial charge in [-0.3, -0.25) is 0 Å². The van der Waals surface area contributed by atoms with Gasteiger partial charge in [-0.05, 0) is 80.6 Å². The Morgan fingerprint density at radius 3 is 1.76 bits per heavy atom. The molecule has 0 aliphatic heterocycles. The first-order chi connectivity index (χ1) is 13.5. The Kier molecular flexibility index (Phi) is 8.30. The molecule has 0 aromatic heterocycles. The van der Waals surface area contributed by atoms with Crippen LogP contribution in [0, 0.1) is 22.7 Å². The van der Waals surface area contributed by atoms with Crippen LogP contribution in [-0.2, 0) is 19.2 Å². The molecule has 2 fully saturated rings. The molecule has 0 unspecified atom stereocenters. The monoisotopic (exact) mass is 410 g/mol. The zero-order valence-electron chi connectivity index (χ0n) is 19.4. The Morgan fingerprint density at radius 1 is 0.793 bits per heavy atom. The summed E-state index contributed by atoms with van der Waals surface area (Å²) in [6.07, 6.45) is 8.42. The summed E-state index contributed by atoms with van der Waals surface area (Å²) in [5.41, 5.74) is 0.673. The van der Waals surface area contributed by atoms with Gasteiger partial charge in [0.15, 0.2) is 0 Å². The van der Waals surface area contributed by atoms with E-state index in [0.29, 0.717) is 16.7 Å². The third kappa shape index (κ3) is 7.42. The van der Waals surface area contributed by atoms with E-state index in [9.17, 15) is 4.79 Å². The van der Waals surface area contributed by atoms with Crippen LogP contribution in [0.2, 0.25) is 0 Å². The van der Waals surface area contributed by atoms with Gasteiger partial charge in [0.2, 0.25) is 0 Å². The first kappa shape index (κ1) is 23.9. The third-order valence-electron chi connectivity index (χ3n) is 7.35. The molecule has 5 heteroatoms. The lowest BCUT2D eigenvalue weighted by Gasteiger charge is -2.38. The molecular formula is C24H42O5. The van der Waals surface area contributed by atoms with Crippen molar-refractivity contribution in [2.45, 2.75) is 112 Å². The van der Waals surface area contributed by atoms with Gasteiger partial charge in [0.1, 0.15) is 12.2 Å². The fourth-order valence-electron chi connectivity index (χ4n) is 4.74. The van der Waals surface area contributed by atoms with Crippen molar-refractivity contribution in [3.63, 3.8) is 0 Å². The molecule has 2 rings (SSSR count). The number of carbonyl (C=O) groups excluding carboxylic acids is 1. The average molecular weight is 411 g/mol. The van der Waals surface area contributed by atoms with E-state index < -0.39 is 6.16 Å². The van der Waals surface area contributed by atoms with Crippen molar-refractivity contribution in [2.75, 3.05) is 0 Å². The lowest BCUT2D eigenvalue weighted by atomic mass is 9.69. The molecule has 0 saturated heterocycles. The lowest BCUT2D eigenvalue weighted by molar-refractivity contribution is -0.264. The maximum absolute atomic E-state index is 11.9. The summed E-state index contributed by atoms with van der Waals surface area (Å²) in [4.78, 5) is 21.6. The van der Waals surface area contributed by atoms with E-state index in [1.165, 1.54) is 6.42 Å². The van der Waals surface area contributed by atoms with Gasteiger partial charge in [-0.25, -0.2) is 9.78 Å². The molecule has 0 spiro atoms. The van der Waals surface area contributed by atoms with E-state index in [0.717, 1.165) is 57.3 Å². The number of rotatable bonds is 7. The van der Waals surface area contributed by atoms with Crippen LogP contribution in [0.25, 0.3) is 0 Å². The van der Waals surface area contributed by atoms with E-state index >= 15 is 0 Å². The molecule has 2 aliphatic rings. The third-order valence-corrected chi connectivity index (χ3v) is 7.35. The van der Waals surface area contributed by atoms with E-state index in [1.807, 2.05) is 0 Å². The Hall–Kier alpha value is -1.39. The zero-order chi connectivity index (χ0) is 21.7. The topological polar surface area (TPSA) is 54.0 Å². The van der Waals surface area contributed by atoms with Crippen LogP contribution < -0.4 is 0 Å². The van der Waals surface area contributed by atoms with Crippen LogP contribution in [-0.4, -0.2) is 18.4 Å². The first-order valence-corrected chi connectivity index (χ1v) is 11.4. The van der Waals surface area contributed by atoms with Crippen molar-refractivity contribution < 1.29 is 24.0 Å². The Balaban J connectivity index is 1.62. The smallest absolute Gasteiger partial charge is 0.460 e. The van der Waals surface area contributed by atoms with Crippen molar-refractivity contribution >= 4 is 6.16 Å². The molecule has 0 amide bonds. The number of hydrogen-bond acceptors (Lipinski definition) is 5. The second kappa shape index (κ2) is 10.1. The summed E-state index contributed by atoms with van der Waals surface area (Å²) in [5.74, 6) is 1.42. The predicted octanol–water partition coefficient (Wildman–Crippen LogP) is 7.16. The van der Waals surface area contributed by atoms with Gasteiger partial charge < -0.3 is 9.47 Å². The normalized spacial score (nSPS) is 28.3. The summed E-state index contributed by atoms with van der Waals surface area (Å²) in [7, 11) is 0. The molecule has 0 aromatic carbocycles. The first-order valence-electron chi connectivity index (χ1n) is 11.4. The Bertz CT molecular complexity index is 532. The second-order valence-corrected chi connectivity index (χ2v) is 10.7. The summed E-state index contributed by atoms with van der Waals surface area (Å²) in [5, 5.41) is 0. The fraction of sp³-hybridized carbons (Fsp3) is 0.875. The van der Waals surface area contributed by atoms with Crippen LogP contribution in [0.1, 0.15) is 99.3 Å². The minimum atomic E-state index is -0.817. The van der Waals surface area contributed by atoms with E-state index in [1.54, 1.807) is 0 Å². The second-order valence-electron chi connectivity index (χ2n) is 10.7. The van der Waals surface area contributed by atoms with Crippen molar-refractivity contribution in [2.24, 2.45) is 22.7 Å². The molecule has 2 saturated carbocycles. The summed E-state index contributed by atoms with van der Waals surface area (Å²) >= 11 is 0. The van der Waals surface area contributed by atoms with Crippen molar-refractivity contribution in [3.8, 4) is 0 Å². The van der Waals surface area contributed by atoms with Gasteiger partial charge in [-0.1, -0.05) is 48.0 Å². The standard InChI is InChI=1S/C24H42O5/c1-8-24(6,7)19-11-15-20(16-12-19)26-17(2)28-29-22(25)27-21-13-9-18(10-14-21)23(3,4)5/h18-21H,2,8-16H2,1,3-7H3. The highest BCUT2D eigenvalue weighted by Gasteiger charge is 2.33. The predicted molar refractivity (Wildman–Crippen MR) is 114 cm³/mol. The Morgan fingerprint density at radius 2 is 1.28 bits per heavy atom. The fourth-order valence-corrected chi connectivity index (χ4v) is 4.74. The molecule has 0 aromatic rings. The van der Waals surface area contributed by atoms with Gasteiger partial charge >= 0.3 is 12.1 Å². The molecule has 5 nitrogen and oxygen atoms in total. The number of carbonyl (C=O) groups is 1. The van der Waals surface area contributed by atoms with E-state index in [4.69, 9.17) is 19.2 Å². The van der Waals surface area contributed by atoms with Crippen molar-refractivity contribution in [1.29, 1.82) is 0 Å². The van der Waals surface area contributed by atoms with Crippen molar-refractivity contribution in [3.05, 3.63) is 12.5 Å². The molecule has 0 heterocycles. The molecule has 0 radical (unpaired) electrons. The molecule has 0 bridgehead atoms.